The molecule has 2 N–H and O–H groups in total. The first-order valence-electron chi connectivity index (χ1n) is 8.49. The Kier molecular flexibility index (Phi) is 6.73. The molecule has 1 heterocycles. The second-order valence-electron chi connectivity index (χ2n) is 6.74. The summed E-state index contributed by atoms with van der Waals surface area (Å²) in [5.74, 6) is 3.09. The Morgan fingerprint density at radius 2 is 1.96 bits per heavy atom. The summed E-state index contributed by atoms with van der Waals surface area (Å²) in [6, 6.07) is 6.47. The van der Waals surface area contributed by atoms with Crippen LogP contribution in [-0.2, 0) is 6.54 Å². The summed E-state index contributed by atoms with van der Waals surface area (Å²) in [5.41, 5.74) is 1.13. The number of benzene rings is 1. The number of guanidine groups is 1. The fourth-order valence-electron chi connectivity index (χ4n) is 2.69. The number of nitrogens with one attached hydrogen (secondary N) is 2. The van der Waals surface area contributed by atoms with Gasteiger partial charge in [-0.15, -0.1) is 0 Å². The van der Waals surface area contributed by atoms with Gasteiger partial charge in [-0.05, 0) is 44.1 Å². The molecule has 1 aliphatic rings. The van der Waals surface area contributed by atoms with E-state index < -0.39 is 0 Å². The van der Waals surface area contributed by atoms with E-state index in [0.29, 0.717) is 25.3 Å². The van der Waals surface area contributed by atoms with Gasteiger partial charge in [0.05, 0.1) is 0 Å². The first-order valence-corrected chi connectivity index (χ1v) is 8.49. The van der Waals surface area contributed by atoms with Gasteiger partial charge in [-0.25, -0.2) is 0 Å². The van der Waals surface area contributed by atoms with Crippen molar-refractivity contribution in [1.29, 1.82) is 0 Å². The molecule has 0 fully saturated rings. The number of fused-ring (bicyclic) bond motifs is 1. The zero-order chi connectivity index (χ0) is 17.5. The van der Waals surface area contributed by atoms with Gasteiger partial charge in [0.2, 0.25) is 6.79 Å². The normalized spacial score (nSPS) is 15.0. The summed E-state index contributed by atoms with van der Waals surface area (Å²) in [5, 5.41) is 6.77. The van der Waals surface area contributed by atoms with E-state index in [-0.39, 0.29) is 0 Å². The molecule has 1 aromatic carbocycles. The summed E-state index contributed by atoms with van der Waals surface area (Å²) < 4.78 is 10.7. The van der Waals surface area contributed by atoms with E-state index in [2.05, 4.69) is 48.5 Å². The van der Waals surface area contributed by atoms with Crippen LogP contribution in [0, 0.1) is 5.92 Å². The standard InChI is InChI=1S/C18H30N4O2/c1-13(2)8-15(22(4)5)11-21-18(19-3)20-10-14-6-7-16-17(9-14)24-12-23-16/h6-7,9,13,15H,8,10-12H2,1-5H3,(H2,19,20,21). The average Bonchev–Trinajstić information content (AvgIpc) is 3.00. The maximum absolute atomic E-state index is 5.41. The van der Waals surface area contributed by atoms with Crippen molar-refractivity contribution in [3.8, 4) is 11.5 Å². The molecule has 6 heteroatoms. The zero-order valence-corrected chi connectivity index (χ0v) is 15.4. The van der Waals surface area contributed by atoms with Gasteiger partial charge in [0.25, 0.3) is 0 Å². The maximum Gasteiger partial charge on any atom is 0.231 e. The highest BCUT2D eigenvalue weighted by atomic mass is 16.7. The smallest absolute Gasteiger partial charge is 0.231 e. The molecule has 2 rings (SSSR count). The topological polar surface area (TPSA) is 58.1 Å². The van der Waals surface area contributed by atoms with E-state index >= 15 is 0 Å². The van der Waals surface area contributed by atoms with Crippen molar-refractivity contribution < 1.29 is 9.47 Å². The lowest BCUT2D eigenvalue weighted by molar-refractivity contribution is 0.174. The quantitative estimate of drug-likeness (QED) is 0.590. The van der Waals surface area contributed by atoms with Crippen molar-refractivity contribution in [1.82, 2.24) is 15.5 Å². The van der Waals surface area contributed by atoms with Crippen LogP contribution in [0.1, 0.15) is 25.8 Å². The van der Waals surface area contributed by atoms with Gasteiger partial charge in [0.15, 0.2) is 17.5 Å². The highest BCUT2D eigenvalue weighted by Crippen LogP contribution is 2.32. The molecule has 1 unspecified atom stereocenters. The molecule has 0 spiro atoms. The first-order chi connectivity index (χ1) is 11.5. The molecule has 6 nitrogen and oxygen atoms in total. The van der Waals surface area contributed by atoms with Gasteiger partial charge in [0, 0.05) is 26.2 Å². The van der Waals surface area contributed by atoms with Gasteiger partial charge in [0.1, 0.15) is 0 Å². The maximum atomic E-state index is 5.41. The van der Waals surface area contributed by atoms with Crippen LogP contribution in [0.25, 0.3) is 0 Å². The van der Waals surface area contributed by atoms with Crippen molar-refractivity contribution in [3.05, 3.63) is 23.8 Å². The number of likely N-dealkylation sites (N-methyl/N-ethyl adjacent to an activating group) is 1. The predicted molar refractivity (Wildman–Crippen MR) is 97.7 cm³/mol. The Morgan fingerprint density at radius 3 is 2.62 bits per heavy atom. The van der Waals surface area contributed by atoms with Crippen LogP contribution in [0.5, 0.6) is 11.5 Å². The average molecular weight is 334 g/mol. The van der Waals surface area contributed by atoms with E-state index in [0.717, 1.165) is 36.0 Å². The van der Waals surface area contributed by atoms with Crippen molar-refractivity contribution >= 4 is 5.96 Å². The van der Waals surface area contributed by atoms with Crippen molar-refractivity contribution in [2.24, 2.45) is 10.9 Å². The van der Waals surface area contributed by atoms with E-state index in [1.54, 1.807) is 7.05 Å². The molecule has 0 saturated carbocycles. The molecule has 24 heavy (non-hydrogen) atoms. The van der Waals surface area contributed by atoms with Gasteiger partial charge < -0.3 is 25.0 Å². The second kappa shape index (κ2) is 8.78. The third kappa shape index (κ3) is 5.30. The van der Waals surface area contributed by atoms with E-state index in [1.807, 2.05) is 18.2 Å². The summed E-state index contributed by atoms with van der Waals surface area (Å²) in [6.45, 7) is 6.36. The number of aliphatic imine (C=N–C) groups is 1. The minimum Gasteiger partial charge on any atom is -0.454 e. The molecule has 1 aliphatic heterocycles. The summed E-state index contributed by atoms with van der Waals surface area (Å²) in [7, 11) is 6.04. The molecule has 1 atom stereocenters. The number of hydrogen-bond donors (Lipinski definition) is 2. The minimum absolute atomic E-state index is 0.303. The monoisotopic (exact) mass is 334 g/mol. The van der Waals surface area contributed by atoms with Crippen molar-refractivity contribution in [2.75, 3.05) is 34.5 Å². The summed E-state index contributed by atoms with van der Waals surface area (Å²) >= 11 is 0. The highest BCUT2D eigenvalue weighted by Gasteiger charge is 2.15. The van der Waals surface area contributed by atoms with E-state index in [1.165, 1.54) is 0 Å². The van der Waals surface area contributed by atoms with Crippen LogP contribution in [0.15, 0.2) is 23.2 Å². The Labute approximate surface area is 145 Å². The Bertz CT molecular complexity index is 558. The number of ether oxygens (including phenoxy) is 2. The molecular formula is C18H30N4O2. The number of nitrogens with zero attached hydrogens (tertiary/aromatic N) is 2. The third-order valence-corrected chi connectivity index (χ3v) is 4.10. The van der Waals surface area contributed by atoms with Crippen LogP contribution in [0.3, 0.4) is 0 Å². The molecule has 1 aromatic rings. The lowest BCUT2D eigenvalue weighted by Gasteiger charge is -2.27. The van der Waals surface area contributed by atoms with Crippen molar-refractivity contribution in [3.63, 3.8) is 0 Å². The molecule has 134 valence electrons. The van der Waals surface area contributed by atoms with Crippen LogP contribution in [-0.4, -0.2) is 51.4 Å². The van der Waals surface area contributed by atoms with Crippen LogP contribution in [0.4, 0.5) is 0 Å². The SMILES string of the molecule is CN=C(NCc1ccc2c(c1)OCO2)NCC(CC(C)C)N(C)C. The molecular weight excluding hydrogens is 304 g/mol. The summed E-state index contributed by atoms with van der Waals surface area (Å²) in [4.78, 5) is 6.57. The van der Waals surface area contributed by atoms with Gasteiger partial charge in [-0.2, -0.15) is 0 Å². The largest absolute Gasteiger partial charge is 0.454 e. The molecule has 0 amide bonds. The van der Waals surface area contributed by atoms with Crippen molar-refractivity contribution in [2.45, 2.75) is 32.9 Å². The minimum atomic E-state index is 0.303. The fraction of sp³-hybridized carbons (Fsp3) is 0.611. The number of rotatable bonds is 7. The lowest BCUT2D eigenvalue weighted by atomic mass is 10.0. The Hall–Kier alpha value is -1.95. The lowest BCUT2D eigenvalue weighted by Crippen LogP contribution is -2.45. The van der Waals surface area contributed by atoms with Gasteiger partial charge in [-0.3, -0.25) is 4.99 Å². The van der Waals surface area contributed by atoms with Crippen LogP contribution in [0.2, 0.25) is 0 Å². The molecule has 0 saturated heterocycles. The van der Waals surface area contributed by atoms with Crippen LogP contribution >= 0.6 is 0 Å². The van der Waals surface area contributed by atoms with Gasteiger partial charge >= 0.3 is 0 Å². The molecule has 0 radical (unpaired) electrons. The molecule has 0 aliphatic carbocycles. The molecule has 0 aromatic heterocycles. The Balaban J connectivity index is 1.83. The fourth-order valence-corrected chi connectivity index (χ4v) is 2.69. The zero-order valence-electron chi connectivity index (χ0n) is 15.4. The van der Waals surface area contributed by atoms with Gasteiger partial charge in [-0.1, -0.05) is 19.9 Å². The second-order valence-corrected chi connectivity index (χ2v) is 6.74. The first kappa shape index (κ1) is 18.4. The Morgan fingerprint density at radius 1 is 1.21 bits per heavy atom. The third-order valence-electron chi connectivity index (χ3n) is 4.10. The predicted octanol–water partition coefficient (Wildman–Crippen LogP) is 2.06. The summed E-state index contributed by atoms with van der Waals surface area (Å²) in [6.07, 6.45) is 1.15. The van der Waals surface area contributed by atoms with Crippen LogP contribution < -0.4 is 20.1 Å². The molecule has 0 bridgehead atoms. The van der Waals surface area contributed by atoms with E-state index in [4.69, 9.17) is 9.47 Å². The van der Waals surface area contributed by atoms with E-state index in [9.17, 15) is 0 Å². The highest BCUT2D eigenvalue weighted by molar-refractivity contribution is 5.79. The number of hydrogen-bond acceptors (Lipinski definition) is 4.